The van der Waals surface area contributed by atoms with Gasteiger partial charge in [0, 0.05) is 20.1 Å². The minimum absolute atomic E-state index is 0.184. The molecule has 0 saturated carbocycles. The summed E-state index contributed by atoms with van der Waals surface area (Å²) in [6.07, 6.45) is 0. The van der Waals surface area contributed by atoms with Crippen molar-refractivity contribution in [1.29, 1.82) is 0 Å². The first-order chi connectivity index (χ1) is 9.20. The molecule has 19 heavy (non-hydrogen) atoms. The SMILES string of the molecule is CNCc1cccc(CN(C)c2ccccc2F)c1. The molecular formula is C16H19FN2. The second-order valence-corrected chi connectivity index (χ2v) is 4.66. The summed E-state index contributed by atoms with van der Waals surface area (Å²) >= 11 is 0. The summed E-state index contributed by atoms with van der Waals surface area (Å²) in [4.78, 5) is 1.92. The van der Waals surface area contributed by atoms with Crippen molar-refractivity contribution in [1.82, 2.24) is 5.32 Å². The third-order valence-electron chi connectivity index (χ3n) is 3.06. The molecule has 0 aliphatic heterocycles. The van der Waals surface area contributed by atoms with Crippen LogP contribution in [0.1, 0.15) is 11.1 Å². The number of para-hydroxylation sites is 1. The number of halogens is 1. The van der Waals surface area contributed by atoms with E-state index in [1.165, 1.54) is 17.2 Å². The summed E-state index contributed by atoms with van der Waals surface area (Å²) in [7, 11) is 3.83. The Kier molecular flexibility index (Phi) is 4.53. The second kappa shape index (κ2) is 6.34. The zero-order chi connectivity index (χ0) is 13.7. The maximum absolute atomic E-state index is 13.7. The molecule has 0 spiro atoms. The molecule has 2 nitrogen and oxygen atoms in total. The fraction of sp³-hybridized carbons (Fsp3) is 0.250. The Morgan fingerprint density at radius 3 is 2.53 bits per heavy atom. The monoisotopic (exact) mass is 258 g/mol. The van der Waals surface area contributed by atoms with Gasteiger partial charge in [-0.05, 0) is 30.3 Å². The predicted molar refractivity (Wildman–Crippen MR) is 77.7 cm³/mol. The maximum Gasteiger partial charge on any atom is 0.146 e. The molecular weight excluding hydrogens is 239 g/mol. The molecule has 0 amide bonds. The number of benzene rings is 2. The Bertz CT molecular complexity index is 540. The van der Waals surface area contributed by atoms with Crippen molar-refractivity contribution in [3.05, 3.63) is 65.5 Å². The maximum atomic E-state index is 13.7. The minimum atomic E-state index is -0.184. The van der Waals surface area contributed by atoms with Gasteiger partial charge in [-0.15, -0.1) is 0 Å². The molecule has 0 bridgehead atoms. The van der Waals surface area contributed by atoms with E-state index in [1.54, 1.807) is 12.1 Å². The highest BCUT2D eigenvalue weighted by Crippen LogP contribution is 2.19. The van der Waals surface area contributed by atoms with Gasteiger partial charge in [-0.3, -0.25) is 0 Å². The van der Waals surface area contributed by atoms with Crippen LogP contribution in [0.3, 0.4) is 0 Å². The van der Waals surface area contributed by atoms with Gasteiger partial charge in [0.05, 0.1) is 5.69 Å². The average Bonchev–Trinajstić information content (AvgIpc) is 2.40. The van der Waals surface area contributed by atoms with Gasteiger partial charge in [-0.2, -0.15) is 0 Å². The van der Waals surface area contributed by atoms with E-state index in [4.69, 9.17) is 0 Å². The van der Waals surface area contributed by atoms with E-state index >= 15 is 0 Å². The van der Waals surface area contributed by atoms with E-state index in [0.717, 1.165) is 6.54 Å². The van der Waals surface area contributed by atoms with Crippen molar-refractivity contribution < 1.29 is 4.39 Å². The molecule has 0 fully saturated rings. The first-order valence-corrected chi connectivity index (χ1v) is 6.39. The molecule has 100 valence electrons. The van der Waals surface area contributed by atoms with E-state index in [9.17, 15) is 4.39 Å². The Morgan fingerprint density at radius 1 is 1.05 bits per heavy atom. The van der Waals surface area contributed by atoms with Crippen molar-refractivity contribution in [3.8, 4) is 0 Å². The highest BCUT2D eigenvalue weighted by molar-refractivity contribution is 5.47. The predicted octanol–water partition coefficient (Wildman–Crippen LogP) is 3.18. The number of nitrogens with zero attached hydrogens (tertiary/aromatic N) is 1. The van der Waals surface area contributed by atoms with Gasteiger partial charge in [0.2, 0.25) is 0 Å². The number of anilines is 1. The number of hydrogen-bond acceptors (Lipinski definition) is 2. The Morgan fingerprint density at radius 2 is 1.79 bits per heavy atom. The lowest BCUT2D eigenvalue weighted by Crippen LogP contribution is -2.17. The van der Waals surface area contributed by atoms with Crippen LogP contribution < -0.4 is 10.2 Å². The Labute approximate surface area is 113 Å². The summed E-state index contributed by atoms with van der Waals surface area (Å²) in [5.41, 5.74) is 3.04. The van der Waals surface area contributed by atoms with Gasteiger partial charge in [0.1, 0.15) is 5.82 Å². The molecule has 2 aromatic rings. The van der Waals surface area contributed by atoms with Gasteiger partial charge < -0.3 is 10.2 Å². The Hall–Kier alpha value is -1.87. The normalized spacial score (nSPS) is 10.5. The molecule has 2 aromatic carbocycles. The highest BCUT2D eigenvalue weighted by Gasteiger charge is 2.07. The lowest BCUT2D eigenvalue weighted by molar-refractivity contribution is 0.622. The number of hydrogen-bond donors (Lipinski definition) is 1. The quantitative estimate of drug-likeness (QED) is 0.886. The average molecular weight is 258 g/mol. The van der Waals surface area contributed by atoms with Gasteiger partial charge >= 0.3 is 0 Å². The number of rotatable bonds is 5. The van der Waals surface area contributed by atoms with E-state index in [-0.39, 0.29) is 5.82 Å². The lowest BCUT2D eigenvalue weighted by atomic mass is 10.1. The fourth-order valence-corrected chi connectivity index (χ4v) is 2.16. The van der Waals surface area contributed by atoms with Gasteiger partial charge in [0.25, 0.3) is 0 Å². The summed E-state index contributed by atoms with van der Waals surface area (Å²) in [5, 5.41) is 3.13. The van der Waals surface area contributed by atoms with Gasteiger partial charge in [0.15, 0.2) is 0 Å². The molecule has 0 saturated heterocycles. The molecule has 0 atom stereocenters. The van der Waals surface area contributed by atoms with E-state index < -0.39 is 0 Å². The second-order valence-electron chi connectivity index (χ2n) is 4.66. The highest BCUT2D eigenvalue weighted by atomic mass is 19.1. The minimum Gasteiger partial charge on any atom is -0.368 e. The van der Waals surface area contributed by atoms with Crippen molar-refractivity contribution in [3.63, 3.8) is 0 Å². The summed E-state index contributed by atoms with van der Waals surface area (Å²) in [5.74, 6) is -0.184. The van der Waals surface area contributed by atoms with Crippen LogP contribution >= 0.6 is 0 Å². The van der Waals surface area contributed by atoms with Gasteiger partial charge in [-0.25, -0.2) is 4.39 Å². The topological polar surface area (TPSA) is 15.3 Å². The van der Waals surface area contributed by atoms with Crippen molar-refractivity contribution in [2.24, 2.45) is 0 Å². The van der Waals surface area contributed by atoms with E-state index in [2.05, 4.69) is 23.5 Å². The van der Waals surface area contributed by atoms with Crippen molar-refractivity contribution >= 4 is 5.69 Å². The Balaban J connectivity index is 2.12. The van der Waals surface area contributed by atoms with Crippen molar-refractivity contribution in [2.75, 3.05) is 19.0 Å². The van der Waals surface area contributed by atoms with Crippen LogP contribution in [0.4, 0.5) is 10.1 Å². The van der Waals surface area contributed by atoms with Gasteiger partial charge in [-0.1, -0.05) is 36.4 Å². The first-order valence-electron chi connectivity index (χ1n) is 6.39. The standard InChI is InChI=1S/C16H19FN2/c1-18-11-13-6-5-7-14(10-13)12-19(2)16-9-4-3-8-15(16)17/h3-10,18H,11-12H2,1-2H3. The van der Waals surface area contributed by atoms with Crippen LogP contribution in [0.15, 0.2) is 48.5 Å². The van der Waals surface area contributed by atoms with Crippen LogP contribution in [0.2, 0.25) is 0 Å². The van der Waals surface area contributed by atoms with Crippen LogP contribution in [-0.4, -0.2) is 14.1 Å². The molecule has 0 aliphatic rings. The van der Waals surface area contributed by atoms with Crippen LogP contribution in [-0.2, 0) is 13.1 Å². The molecule has 0 aliphatic carbocycles. The zero-order valence-corrected chi connectivity index (χ0v) is 11.4. The molecule has 2 rings (SSSR count). The molecule has 0 unspecified atom stereocenters. The molecule has 3 heteroatoms. The lowest BCUT2D eigenvalue weighted by Gasteiger charge is -2.20. The van der Waals surface area contributed by atoms with E-state index in [1.807, 2.05) is 31.1 Å². The largest absolute Gasteiger partial charge is 0.368 e. The fourth-order valence-electron chi connectivity index (χ4n) is 2.16. The smallest absolute Gasteiger partial charge is 0.146 e. The summed E-state index contributed by atoms with van der Waals surface area (Å²) < 4.78 is 13.7. The van der Waals surface area contributed by atoms with Crippen LogP contribution in [0, 0.1) is 5.82 Å². The van der Waals surface area contributed by atoms with Crippen molar-refractivity contribution in [2.45, 2.75) is 13.1 Å². The van der Waals surface area contributed by atoms with E-state index in [0.29, 0.717) is 12.2 Å². The molecule has 0 radical (unpaired) electrons. The molecule has 0 heterocycles. The zero-order valence-electron chi connectivity index (χ0n) is 11.4. The number of nitrogens with one attached hydrogen (secondary N) is 1. The third kappa shape index (κ3) is 3.55. The molecule has 1 N–H and O–H groups in total. The third-order valence-corrected chi connectivity index (χ3v) is 3.06. The summed E-state index contributed by atoms with van der Waals surface area (Å²) in [6.45, 7) is 1.54. The van der Waals surface area contributed by atoms with Crippen LogP contribution in [0.5, 0.6) is 0 Å². The first kappa shape index (κ1) is 13.6. The summed E-state index contributed by atoms with van der Waals surface area (Å²) in [6, 6.07) is 15.2. The molecule has 0 aromatic heterocycles. The van der Waals surface area contributed by atoms with Crippen LogP contribution in [0.25, 0.3) is 0 Å².